The van der Waals surface area contributed by atoms with E-state index in [1.54, 1.807) is 12.5 Å². The fourth-order valence-corrected chi connectivity index (χ4v) is 1.63. The first-order valence-corrected chi connectivity index (χ1v) is 5.51. The highest BCUT2D eigenvalue weighted by Crippen LogP contribution is 2.04. The molecule has 0 fully saturated rings. The summed E-state index contributed by atoms with van der Waals surface area (Å²) in [4.78, 5) is 8.48. The van der Waals surface area contributed by atoms with Gasteiger partial charge >= 0.3 is 0 Å². The Bertz CT molecular complexity index is 454. The molecule has 0 saturated heterocycles. The summed E-state index contributed by atoms with van der Waals surface area (Å²) in [5.74, 6) is 2.55. The Kier molecular flexibility index (Phi) is 3.03. The molecule has 0 spiro atoms. The van der Waals surface area contributed by atoms with Gasteiger partial charge in [0.15, 0.2) is 0 Å². The van der Waals surface area contributed by atoms with E-state index in [4.69, 9.17) is 0 Å². The topological polar surface area (TPSA) is 48.5 Å². The summed E-state index contributed by atoms with van der Waals surface area (Å²) in [5.41, 5.74) is 0. The van der Waals surface area contributed by atoms with Crippen LogP contribution in [-0.4, -0.2) is 24.3 Å². The zero-order valence-corrected chi connectivity index (χ0v) is 9.96. The van der Waals surface area contributed by atoms with Crippen LogP contribution in [0.1, 0.15) is 25.5 Å². The summed E-state index contributed by atoms with van der Waals surface area (Å²) in [7, 11) is 0. The quantitative estimate of drug-likeness (QED) is 0.782. The summed E-state index contributed by atoms with van der Waals surface area (Å²) in [6, 6.07) is 0. The average Bonchev–Trinajstić information content (AvgIpc) is 2.78. The van der Waals surface area contributed by atoms with Crippen LogP contribution in [0.15, 0.2) is 18.7 Å². The van der Waals surface area contributed by atoms with Crippen LogP contribution in [0.5, 0.6) is 0 Å². The maximum absolute atomic E-state index is 4.29. The Morgan fingerprint density at radius 1 is 1.31 bits per heavy atom. The van der Waals surface area contributed by atoms with E-state index < -0.39 is 0 Å². The van der Waals surface area contributed by atoms with Crippen molar-refractivity contribution in [2.45, 2.75) is 33.9 Å². The summed E-state index contributed by atoms with van der Waals surface area (Å²) in [6.45, 7) is 7.98. The Labute approximate surface area is 95.1 Å². The van der Waals surface area contributed by atoms with Crippen LogP contribution < -0.4 is 0 Å². The van der Waals surface area contributed by atoms with Gasteiger partial charge in [-0.25, -0.2) is 14.6 Å². The Morgan fingerprint density at radius 2 is 2.12 bits per heavy atom. The van der Waals surface area contributed by atoms with Crippen molar-refractivity contribution in [3.8, 4) is 0 Å². The molecule has 0 aliphatic heterocycles. The number of imidazole rings is 1. The predicted octanol–water partition coefficient (Wildman–Crippen LogP) is 1.49. The molecule has 0 aromatic carbocycles. The Balaban J connectivity index is 2.16. The standard InChI is InChI=1S/C11H17N5/c1-9(2)6-16-11(13-8-14-16)7-15-5-4-12-10(15)3/h4-5,8-9H,6-7H2,1-3H3. The molecular formula is C11H17N5. The Morgan fingerprint density at radius 3 is 2.75 bits per heavy atom. The van der Waals surface area contributed by atoms with Gasteiger partial charge in [-0.15, -0.1) is 0 Å². The minimum atomic E-state index is 0.573. The van der Waals surface area contributed by atoms with Gasteiger partial charge in [0, 0.05) is 18.9 Å². The van der Waals surface area contributed by atoms with E-state index in [0.717, 1.165) is 24.7 Å². The van der Waals surface area contributed by atoms with Gasteiger partial charge in [-0.05, 0) is 12.8 Å². The first-order valence-electron chi connectivity index (χ1n) is 5.51. The van der Waals surface area contributed by atoms with Crippen LogP contribution in [0.25, 0.3) is 0 Å². The summed E-state index contributed by atoms with van der Waals surface area (Å²) in [6.07, 6.45) is 5.38. The molecule has 2 heterocycles. The van der Waals surface area contributed by atoms with Crippen molar-refractivity contribution in [2.75, 3.05) is 0 Å². The van der Waals surface area contributed by atoms with Gasteiger partial charge in [-0.3, -0.25) is 0 Å². The second kappa shape index (κ2) is 4.47. The third-order valence-electron chi connectivity index (χ3n) is 2.47. The molecule has 0 atom stereocenters. The SMILES string of the molecule is Cc1nccn1Cc1ncnn1CC(C)C. The maximum Gasteiger partial charge on any atom is 0.146 e. The lowest BCUT2D eigenvalue weighted by Crippen LogP contribution is -2.13. The zero-order chi connectivity index (χ0) is 11.5. The van der Waals surface area contributed by atoms with Crippen LogP contribution in [0, 0.1) is 12.8 Å². The number of aromatic nitrogens is 5. The first kappa shape index (κ1) is 10.9. The monoisotopic (exact) mass is 219 g/mol. The van der Waals surface area contributed by atoms with Gasteiger partial charge in [0.2, 0.25) is 0 Å². The molecule has 0 amide bonds. The van der Waals surface area contributed by atoms with Gasteiger partial charge < -0.3 is 4.57 Å². The lowest BCUT2D eigenvalue weighted by Gasteiger charge is -2.09. The fraction of sp³-hybridized carbons (Fsp3) is 0.545. The van der Waals surface area contributed by atoms with Crippen LogP contribution in [0.3, 0.4) is 0 Å². The molecule has 2 aromatic heterocycles. The number of nitrogens with zero attached hydrogens (tertiary/aromatic N) is 5. The Hall–Kier alpha value is -1.65. The third kappa shape index (κ3) is 2.29. The molecule has 0 aliphatic carbocycles. The molecule has 86 valence electrons. The molecule has 2 aromatic rings. The minimum absolute atomic E-state index is 0.573. The van der Waals surface area contributed by atoms with Gasteiger partial charge in [0.05, 0.1) is 6.54 Å². The molecular weight excluding hydrogens is 202 g/mol. The molecule has 2 rings (SSSR count). The third-order valence-corrected chi connectivity index (χ3v) is 2.47. The average molecular weight is 219 g/mol. The predicted molar refractivity (Wildman–Crippen MR) is 60.9 cm³/mol. The van der Waals surface area contributed by atoms with Gasteiger partial charge in [-0.2, -0.15) is 5.10 Å². The van der Waals surface area contributed by atoms with Crippen molar-refractivity contribution in [1.82, 2.24) is 24.3 Å². The highest BCUT2D eigenvalue weighted by atomic mass is 15.3. The second-order valence-electron chi connectivity index (χ2n) is 4.35. The lowest BCUT2D eigenvalue weighted by atomic mass is 10.2. The van der Waals surface area contributed by atoms with Crippen molar-refractivity contribution in [1.29, 1.82) is 0 Å². The molecule has 0 aliphatic rings. The van der Waals surface area contributed by atoms with Crippen molar-refractivity contribution in [2.24, 2.45) is 5.92 Å². The van der Waals surface area contributed by atoms with Gasteiger partial charge in [0.1, 0.15) is 18.0 Å². The number of aryl methyl sites for hydroxylation is 1. The van der Waals surface area contributed by atoms with Crippen LogP contribution in [0.2, 0.25) is 0 Å². The molecule has 0 bridgehead atoms. The normalized spacial score (nSPS) is 11.2. The second-order valence-corrected chi connectivity index (χ2v) is 4.35. The minimum Gasteiger partial charge on any atom is -0.328 e. The summed E-state index contributed by atoms with van der Waals surface area (Å²) < 4.78 is 4.03. The van der Waals surface area contributed by atoms with Crippen LogP contribution in [-0.2, 0) is 13.1 Å². The zero-order valence-electron chi connectivity index (χ0n) is 9.96. The number of hydrogen-bond acceptors (Lipinski definition) is 3. The lowest BCUT2D eigenvalue weighted by molar-refractivity contribution is 0.460. The summed E-state index contributed by atoms with van der Waals surface area (Å²) in [5, 5.41) is 4.24. The van der Waals surface area contributed by atoms with E-state index in [-0.39, 0.29) is 0 Å². The molecule has 5 nitrogen and oxygen atoms in total. The van der Waals surface area contributed by atoms with Crippen molar-refractivity contribution < 1.29 is 0 Å². The smallest absolute Gasteiger partial charge is 0.146 e. The van der Waals surface area contributed by atoms with E-state index in [2.05, 4.69) is 33.5 Å². The van der Waals surface area contributed by atoms with Crippen LogP contribution >= 0.6 is 0 Å². The maximum atomic E-state index is 4.29. The van der Waals surface area contributed by atoms with Gasteiger partial charge in [0.25, 0.3) is 0 Å². The molecule has 0 saturated carbocycles. The van der Waals surface area contributed by atoms with E-state index in [9.17, 15) is 0 Å². The largest absolute Gasteiger partial charge is 0.328 e. The highest BCUT2D eigenvalue weighted by molar-refractivity contribution is 4.95. The van der Waals surface area contributed by atoms with Crippen molar-refractivity contribution in [3.63, 3.8) is 0 Å². The van der Waals surface area contributed by atoms with E-state index in [1.807, 2.05) is 17.8 Å². The highest BCUT2D eigenvalue weighted by Gasteiger charge is 2.07. The fourth-order valence-electron chi connectivity index (χ4n) is 1.63. The molecule has 5 heteroatoms. The van der Waals surface area contributed by atoms with Crippen molar-refractivity contribution >= 4 is 0 Å². The molecule has 0 radical (unpaired) electrons. The number of hydrogen-bond donors (Lipinski definition) is 0. The van der Waals surface area contributed by atoms with E-state index in [0.29, 0.717) is 5.92 Å². The molecule has 0 N–H and O–H groups in total. The molecule has 16 heavy (non-hydrogen) atoms. The van der Waals surface area contributed by atoms with Gasteiger partial charge in [-0.1, -0.05) is 13.8 Å². The molecule has 0 unspecified atom stereocenters. The van der Waals surface area contributed by atoms with E-state index in [1.165, 1.54) is 0 Å². The van der Waals surface area contributed by atoms with Crippen molar-refractivity contribution in [3.05, 3.63) is 30.4 Å². The number of rotatable bonds is 4. The summed E-state index contributed by atoms with van der Waals surface area (Å²) >= 11 is 0. The van der Waals surface area contributed by atoms with Crippen LogP contribution in [0.4, 0.5) is 0 Å². The van der Waals surface area contributed by atoms with E-state index >= 15 is 0 Å². The first-order chi connectivity index (χ1) is 7.66.